The molecule has 54 valence electrons. The van der Waals surface area contributed by atoms with Crippen LogP contribution in [0.25, 0.3) is 0 Å². The van der Waals surface area contributed by atoms with Gasteiger partial charge in [-0.1, -0.05) is 0 Å². The molecule has 0 N–H and O–H groups in total. The lowest BCUT2D eigenvalue weighted by Gasteiger charge is -2.26. The maximum absolute atomic E-state index is 5.48. The van der Waals surface area contributed by atoms with Gasteiger partial charge in [0.25, 0.3) is 0 Å². The van der Waals surface area contributed by atoms with E-state index >= 15 is 0 Å². The van der Waals surface area contributed by atoms with E-state index in [-0.39, 0.29) is 5.06 Å². The van der Waals surface area contributed by atoms with Crippen LogP contribution in [0.2, 0.25) is 0 Å². The van der Waals surface area contributed by atoms with E-state index in [1.54, 1.807) is 8.93 Å². The fourth-order valence-electron chi connectivity index (χ4n) is 0.766. The molecule has 1 fully saturated rings. The average molecular weight is 259 g/mol. The van der Waals surface area contributed by atoms with Gasteiger partial charge in [0.15, 0.2) is 5.06 Å². The highest BCUT2D eigenvalue weighted by Gasteiger charge is 2.34. The van der Waals surface area contributed by atoms with E-state index < -0.39 is 0 Å². The van der Waals surface area contributed by atoms with Crippen molar-refractivity contribution in [1.29, 1.82) is 0 Å². The van der Waals surface area contributed by atoms with Crippen LogP contribution in [0.15, 0.2) is 0 Å². The minimum Gasteiger partial charge on any atom is -0.349 e. The van der Waals surface area contributed by atoms with Crippen molar-refractivity contribution in [3.63, 3.8) is 0 Å². The summed E-state index contributed by atoms with van der Waals surface area (Å²) in [5.41, 5.74) is 0. The van der Waals surface area contributed by atoms with Gasteiger partial charge in [-0.25, -0.2) is 0 Å². The highest BCUT2D eigenvalue weighted by atomic mass is 127. The maximum Gasteiger partial charge on any atom is 0.176 e. The van der Waals surface area contributed by atoms with E-state index in [1.165, 1.54) is 0 Å². The minimum absolute atomic E-state index is 0.0689. The summed E-state index contributed by atoms with van der Waals surface area (Å²) < 4.78 is 5.48. The van der Waals surface area contributed by atoms with Crippen LogP contribution in [-0.4, -0.2) is 30.2 Å². The van der Waals surface area contributed by atoms with Crippen molar-refractivity contribution < 1.29 is 4.74 Å². The van der Waals surface area contributed by atoms with E-state index in [2.05, 4.69) is 40.1 Å². The molecule has 1 rings (SSSR count). The zero-order valence-corrected chi connectivity index (χ0v) is 8.53. The Morgan fingerprint density at radius 1 is 1.78 bits per heavy atom. The average Bonchev–Trinajstić information content (AvgIpc) is 2.15. The normalized spacial score (nSPS) is 37.7. The number of rotatable bonds is 1. The topological polar surface area (TPSA) is 12.5 Å². The minimum atomic E-state index is -0.0689. The summed E-state index contributed by atoms with van der Waals surface area (Å²) in [5, 5.41) is -0.0689. The zero-order chi connectivity index (χ0) is 6.91. The van der Waals surface area contributed by atoms with Crippen LogP contribution in [0, 0.1) is 0 Å². The second-order valence-electron chi connectivity index (χ2n) is 2.24. The molecule has 0 aromatic carbocycles. The van der Waals surface area contributed by atoms with E-state index in [0.29, 0.717) is 0 Å². The molecule has 0 spiro atoms. The van der Waals surface area contributed by atoms with Crippen molar-refractivity contribution in [2.45, 2.75) is 12.0 Å². The molecular weight excluding hydrogens is 249 g/mol. The first-order valence-electron chi connectivity index (χ1n) is 2.84. The molecule has 2 nitrogen and oxygen atoms in total. The van der Waals surface area contributed by atoms with Gasteiger partial charge in [-0.2, -0.15) is 0 Å². The van der Waals surface area contributed by atoms with Gasteiger partial charge in [-0.15, -0.1) is 0 Å². The maximum atomic E-state index is 5.48. The molecule has 0 aromatic heterocycles. The number of halogens is 1. The molecule has 0 saturated carbocycles. The summed E-state index contributed by atoms with van der Waals surface area (Å²) in [5.74, 6) is 0. The highest BCUT2D eigenvalue weighted by molar-refractivity contribution is 14.2. The second-order valence-corrected chi connectivity index (χ2v) is 4.48. The summed E-state index contributed by atoms with van der Waals surface area (Å²) in [6.45, 7) is 4.01. The van der Waals surface area contributed by atoms with Crippen LogP contribution in [0.5, 0.6) is 0 Å². The molecule has 1 atom stereocenters. The molecule has 1 saturated heterocycles. The predicted molar refractivity (Wildman–Crippen MR) is 48.6 cm³/mol. The molecule has 4 heteroatoms. The van der Waals surface area contributed by atoms with Gasteiger partial charge < -0.3 is 4.74 Å². The molecule has 9 heavy (non-hydrogen) atoms. The first-order chi connectivity index (χ1) is 4.19. The van der Waals surface area contributed by atoms with Crippen LogP contribution in [0.4, 0.5) is 0 Å². The van der Waals surface area contributed by atoms with Crippen LogP contribution in [0.3, 0.4) is 0 Å². The highest BCUT2D eigenvalue weighted by Crippen LogP contribution is 2.37. The standard InChI is InChI=1S/C5H10INOS/c1-5(9-6)7(2)3-4-8-5/h3-4H2,1-2H3. The van der Waals surface area contributed by atoms with Crippen molar-refractivity contribution in [2.75, 3.05) is 20.2 Å². The predicted octanol–water partition coefficient (Wildman–Crippen LogP) is 1.71. The van der Waals surface area contributed by atoms with Crippen molar-refractivity contribution in [2.24, 2.45) is 0 Å². The summed E-state index contributed by atoms with van der Waals surface area (Å²) in [6.07, 6.45) is 0. The molecule has 0 radical (unpaired) electrons. The van der Waals surface area contributed by atoms with Crippen molar-refractivity contribution in [3.05, 3.63) is 0 Å². The monoisotopic (exact) mass is 259 g/mol. The van der Waals surface area contributed by atoms with Crippen LogP contribution in [-0.2, 0) is 4.74 Å². The molecule has 1 aliphatic heterocycles. The van der Waals surface area contributed by atoms with E-state index in [9.17, 15) is 0 Å². The molecule has 1 aliphatic rings. The summed E-state index contributed by atoms with van der Waals surface area (Å²) in [6, 6.07) is 0. The summed E-state index contributed by atoms with van der Waals surface area (Å²) >= 11 is 2.27. The van der Waals surface area contributed by atoms with Gasteiger partial charge >= 0.3 is 0 Å². The molecule has 0 aromatic rings. The smallest absolute Gasteiger partial charge is 0.176 e. The van der Waals surface area contributed by atoms with E-state index in [0.717, 1.165) is 13.2 Å². The number of hydrogen-bond donors (Lipinski definition) is 0. The Bertz CT molecular complexity index is 113. The Labute approximate surface area is 71.9 Å². The third kappa shape index (κ3) is 1.53. The Balaban J connectivity index is 2.56. The summed E-state index contributed by atoms with van der Waals surface area (Å²) in [7, 11) is 3.80. The molecule has 0 amide bonds. The fraction of sp³-hybridized carbons (Fsp3) is 1.00. The quantitative estimate of drug-likeness (QED) is 0.665. The number of nitrogens with zero attached hydrogens (tertiary/aromatic N) is 1. The lowest BCUT2D eigenvalue weighted by atomic mass is 10.6. The lowest BCUT2D eigenvalue weighted by molar-refractivity contribution is 0.0305. The van der Waals surface area contributed by atoms with Crippen molar-refractivity contribution >= 4 is 30.1 Å². The first kappa shape index (κ1) is 8.10. The Kier molecular flexibility index (Phi) is 2.64. The van der Waals surface area contributed by atoms with Crippen LogP contribution in [0.1, 0.15) is 6.92 Å². The SMILES string of the molecule is CN1CCOC1(C)SI. The molecular formula is C5H10INOS. The van der Waals surface area contributed by atoms with Gasteiger partial charge in [-0.3, -0.25) is 4.90 Å². The zero-order valence-electron chi connectivity index (χ0n) is 5.56. The molecule has 1 unspecified atom stereocenters. The third-order valence-corrected chi connectivity index (χ3v) is 4.80. The van der Waals surface area contributed by atoms with Crippen molar-refractivity contribution in [3.8, 4) is 0 Å². The van der Waals surface area contributed by atoms with Gasteiger partial charge in [0.05, 0.1) is 6.61 Å². The van der Waals surface area contributed by atoms with Gasteiger partial charge in [0.2, 0.25) is 0 Å². The first-order valence-corrected chi connectivity index (χ1v) is 6.20. The van der Waals surface area contributed by atoms with E-state index in [1.807, 2.05) is 0 Å². The van der Waals surface area contributed by atoms with Crippen molar-refractivity contribution in [1.82, 2.24) is 4.90 Å². The van der Waals surface area contributed by atoms with E-state index in [4.69, 9.17) is 4.74 Å². The third-order valence-electron chi connectivity index (χ3n) is 1.63. The Hall–Kier alpha value is 1.00. The molecule has 0 bridgehead atoms. The van der Waals surface area contributed by atoms with Crippen LogP contribution < -0.4 is 0 Å². The number of ether oxygens (including phenoxy) is 1. The number of hydrogen-bond acceptors (Lipinski definition) is 3. The van der Waals surface area contributed by atoms with Gasteiger partial charge in [0, 0.05) is 27.8 Å². The molecule has 1 heterocycles. The Morgan fingerprint density at radius 2 is 2.44 bits per heavy atom. The molecule has 0 aliphatic carbocycles. The lowest BCUT2D eigenvalue weighted by Crippen LogP contribution is -2.34. The second kappa shape index (κ2) is 2.94. The van der Waals surface area contributed by atoms with Crippen LogP contribution >= 0.6 is 30.1 Å². The fourth-order valence-corrected chi connectivity index (χ4v) is 2.49. The van der Waals surface area contributed by atoms with Gasteiger partial charge in [-0.05, 0) is 22.9 Å². The Morgan fingerprint density at radius 3 is 2.67 bits per heavy atom. The largest absolute Gasteiger partial charge is 0.349 e. The van der Waals surface area contributed by atoms with Gasteiger partial charge in [0.1, 0.15) is 0 Å². The summed E-state index contributed by atoms with van der Waals surface area (Å²) in [4.78, 5) is 2.21. The number of likely N-dealkylation sites (N-methyl/N-ethyl adjacent to an activating group) is 1.